The molecule has 0 aliphatic carbocycles. The number of piperidine rings is 3. The Morgan fingerprint density at radius 2 is 2.14 bits per heavy atom. The highest BCUT2D eigenvalue weighted by atomic mass is 32.2. The first-order valence-electron chi connectivity index (χ1n) is 10.4. The van der Waals surface area contributed by atoms with Crippen molar-refractivity contribution >= 4 is 23.5 Å². The lowest BCUT2D eigenvalue weighted by molar-refractivity contribution is -0.0289. The van der Waals surface area contributed by atoms with Gasteiger partial charge in [-0.05, 0) is 55.7 Å². The van der Waals surface area contributed by atoms with Crippen LogP contribution < -0.4 is 10.6 Å². The van der Waals surface area contributed by atoms with E-state index in [2.05, 4.69) is 20.4 Å². The largest absolute Gasteiger partial charge is 0.379 e. The number of urea groups is 1. The minimum absolute atomic E-state index is 0.106. The Kier molecular flexibility index (Phi) is 6.77. The van der Waals surface area contributed by atoms with Gasteiger partial charge in [0.25, 0.3) is 0 Å². The van der Waals surface area contributed by atoms with E-state index in [0.717, 1.165) is 55.3 Å². The highest BCUT2D eigenvalue weighted by molar-refractivity contribution is 7.98. The molecule has 2 bridgehead atoms. The quantitative estimate of drug-likeness (QED) is 0.714. The third-order valence-electron chi connectivity index (χ3n) is 6.44. The number of ether oxygens (including phenoxy) is 1. The van der Waals surface area contributed by atoms with E-state index in [4.69, 9.17) is 4.74 Å². The molecule has 5 rings (SSSR count). The van der Waals surface area contributed by atoms with Crippen molar-refractivity contribution in [1.82, 2.24) is 15.1 Å². The fourth-order valence-electron chi connectivity index (χ4n) is 4.87. The molecule has 1 aromatic rings. The maximum absolute atomic E-state index is 12.3. The number of anilines is 1. The van der Waals surface area contributed by atoms with Crippen LogP contribution in [0, 0.1) is 11.8 Å². The van der Waals surface area contributed by atoms with E-state index in [1.807, 2.05) is 30.5 Å². The molecule has 4 atom stereocenters. The SMILES string of the molecule is CSc1cccc(NC(=O)NC[C@H]2C[C@@H]3CCN2C[C@@H]3CN2CCOCC2)c1. The summed E-state index contributed by atoms with van der Waals surface area (Å²) < 4.78 is 5.48. The van der Waals surface area contributed by atoms with E-state index >= 15 is 0 Å². The minimum atomic E-state index is -0.106. The van der Waals surface area contributed by atoms with Gasteiger partial charge in [-0.15, -0.1) is 11.8 Å². The molecule has 1 unspecified atom stereocenters. The summed E-state index contributed by atoms with van der Waals surface area (Å²) in [6.07, 6.45) is 4.55. The van der Waals surface area contributed by atoms with Gasteiger partial charge >= 0.3 is 6.03 Å². The van der Waals surface area contributed by atoms with E-state index < -0.39 is 0 Å². The number of fused-ring (bicyclic) bond motifs is 3. The van der Waals surface area contributed by atoms with E-state index in [-0.39, 0.29) is 6.03 Å². The summed E-state index contributed by atoms with van der Waals surface area (Å²) in [5.74, 6) is 1.56. The Hall–Kier alpha value is -1.28. The van der Waals surface area contributed by atoms with Gasteiger partial charge in [-0.1, -0.05) is 6.07 Å². The molecule has 28 heavy (non-hydrogen) atoms. The van der Waals surface area contributed by atoms with E-state index in [1.165, 1.54) is 32.5 Å². The zero-order chi connectivity index (χ0) is 19.3. The average molecular weight is 405 g/mol. The second-order valence-corrected chi connectivity index (χ2v) is 9.05. The van der Waals surface area contributed by atoms with Crippen LogP contribution >= 0.6 is 11.8 Å². The smallest absolute Gasteiger partial charge is 0.319 e. The van der Waals surface area contributed by atoms with Crippen molar-refractivity contribution in [2.75, 3.05) is 64.1 Å². The molecule has 6 nitrogen and oxygen atoms in total. The molecular weight excluding hydrogens is 372 g/mol. The van der Waals surface area contributed by atoms with Gasteiger partial charge < -0.3 is 15.4 Å². The van der Waals surface area contributed by atoms with Crippen LogP contribution in [0.15, 0.2) is 29.2 Å². The highest BCUT2D eigenvalue weighted by Gasteiger charge is 2.40. The van der Waals surface area contributed by atoms with Crippen molar-refractivity contribution in [2.24, 2.45) is 11.8 Å². The zero-order valence-electron chi connectivity index (χ0n) is 16.7. The number of thioether (sulfide) groups is 1. The Bertz CT molecular complexity index is 668. The molecule has 4 heterocycles. The first-order valence-corrected chi connectivity index (χ1v) is 11.7. The Morgan fingerprint density at radius 3 is 2.89 bits per heavy atom. The lowest BCUT2D eigenvalue weighted by Gasteiger charge is -2.51. The number of carbonyl (C=O) groups is 1. The number of nitrogens with zero attached hydrogens (tertiary/aromatic N) is 2. The Balaban J connectivity index is 1.23. The van der Waals surface area contributed by atoms with Crippen LogP contribution in [-0.2, 0) is 4.74 Å². The second-order valence-electron chi connectivity index (χ2n) is 8.17. The summed E-state index contributed by atoms with van der Waals surface area (Å²) in [4.78, 5) is 18.6. The maximum atomic E-state index is 12.3. The van der Waals surface area contributed by atoms with Crippen molar-refractivity contribution in [1.29, 1.82) is 0 Å². The van der Waals surface area contributed by atoms with E-state index in [9.17, 15) is 4.79 Å². The number of nitrogens with one attached hydrogen (secondary N) is 2. The monoisotopic (exact) mass is 404 g/mol. The van der Waals surface area contributed by atoms with Crippen molar-refractivity contribution in [3.05, 3.63) is 24.3 Å². The molecule has 1 aromatic carbocycles. The molecule has 154 valence electrons. The third-order valence-corrected chi connectivity index (χ3v) is 7.16. The number of rotatable bonds is 6. The lowest BCUT2D eigenvalue weighted by Crippen LogP contribution is -2.59. The van der Waals surface area contributed by atoms with Crippen LogP contribution in [0.2, 0.25) is 0 Å². The molecule has 4 fully saturated rings. The summed E-state index contributed by atoms with van der Waals surface area (Å²) in [6, 6.07) is 8.33. The normalized spacial score (nSPS) is 30.2. The van der Waals surface area contributed by atoms with Gasteiger partial charge in [-0.3, -0.25) is 9.80 Å². The summed E-state index contributed by atoms with van der Waals surface area (Å²) in [5.41, 5.74) is 0.848. The number of amides is 2. The Morgan fingerprint density at radius 1 is 1.29 bits per heavy atom. The molecule has 2 N–H and O–H groups in total. The summed E-state index contributed by atoms with van der Waals surface area (Å²) in [6.45, 7) is 8.19. The lowest BCUT2D eigenvalue weighted by atomic mass is 9.75. The van der Waals surface area contributed by atoms with Crippen LogP contribution in [0.25, 0.3) is 0 Å². The van der Waals surface area contributed by atoms with E-state index in [1.54, 1.807) is 11.8 Å². The van der Waals surface area contributed by atoms with Gasteiger partial charge in [0.2, 0.25) is 0 Å². The molecule has 4 saturated heterocycles. The number of benzene rings is 1. The molecule has 0 saturated carbocycles. The van der Waals surface area contributed by atoms with Gasteiger partial charge in [-0.2, -0.15) is 0 Å². The van der Waals surface area contributed by atoms with Crippen LogP contribution in [0.4, 0.5) is 10.5 Å². The van der Waals surface area contributed by atoms with Crippen LogP contribution in [0.3, 0.4) is 0 Å². The maximum Gasteiger partial charge on any atom is 0.319 e. The van der Waals surface area contributed by atoms with Gasteiger partial charge in [0, 0.05) is 49.3 Å². The van der Waals surface area contributed by atoms with Crippen molar-refractivity contribution in [3.8, 4) is 0 Å². The van der Waals surface area contributed by atoms with Crippen molar-refractivity contribution < 1.29 is 9.53 Å². The zero-order valence-corrected chi connectivity index (χ0v) is 17.5. The summed E-state index contributed by atoms with van der Waals surface area (Å²) in [5, 5.41) is 6.06. The molecule has 4 aliphatic heterocycles. The van der Waals surface area contributed by atoms with Crippen molar-refractivity contribution in [3.63, 3.8) is 0 Å². The van der Waals surface area contributed by atoms with Gasteiger partial charge in [0.1, 0.15) is 0 Å². The van der Waals surface area contributed by atoms with Crippen molar-refractivity contribution in [2.45, 2.75) is 23.8 Å². The summed E-state index contributed by atoms with van der Waals surface area (Å²) in [7, 11) is 0. The standard InChI is InChI=1S/C21H32N4O2S/c1-28-20-4-2-3-18(12-20)23-21(26)22-13-19-11-16-5-6-25(19)15-17(16)14-24-7-9-27-10-8-24/h2-4,12,16-17,19H,5-11,13-15H2,1H3,(H2,22,23,26)/t16-,17-,19+/m0/s1. The molecule has 0 radical (unpaired) electrons. The summed E-state index contributed by atoms with van der Waals surface area (Å²) >= 11 is 1.68. The number of hydrogen-bond donors (Lipinski definition) is 2. The molecule has 0 aromatic heterocycles. The first-order chi connectivity index (χ1) is 13.7. The van der Waals surface area contributed by atoms with E-state index in [0.29, 0.717) is 6.04 Å². The molecule has 7 heteroatoms. The second kappa shape index (κ2) is 9.48. The third kappa shape index (κ3) is 5.00. The minimum Gasteiger partial charge on any atom is -0.379 e. The van der Waals surface area contributed by atoms with Gasteiger partial charge in [0.15, 0.2) is 0 Å². The molecule has 0 spiro atoms. The Labute approximate surface area is 172 Å². The van der Waals surface area contributed by atoms with Crippen LogP contribution in [-0.4, -0.2) is 80.6 Å². The molecule has 4 aliphatic rings. The number of carbonyl (C=O) groups excluding carboxylic acids is 1. The molecular formula is C21H32N4O2S. The van der Waals surface area contributed by atoms with Crippen LogP contribution in [0.5, 0.6) is 0 Å². The first kappa shape index (κ1) is 20.0. The topological polar surface area (TPSA) is 56.8 Å². The fourth-order valence-corrected chi connectivity index (χ4v) is 5.33. The predicted octanol–water partition coefficient (Wildman–Crippen LogP) is 2.57. The average Bonchev–Trinajstić information content (AvgIpc) is 2.74. The predicted molar refractivity (Wildman–Crippen MR) is 114 cm³/mol. The van der Waals surface area contributed by atoms with Crippen LogP contribution in [0.1, 0.15) is 12.8 Å². The molecule has 2 amide bonds. The van der Waals surface area contributed by atoms with Gasteiger partial charge in [-0.25, -0.2) is 4.79 Å². The number of morpholine rings is 1. The number of hydrogen-bond acceptors (Lipinski definition) is 5. The van der Waals surface area contributed by atoms with Gasteiger partial charge in [0.05, 0.1) is 13.2 Å². The fraction of sp³-hybridized carbons (Fsp3) is 0.667. The highest BCUT2D eigenvalue weighted by Crippen LogP contribution is 2.36.